The highest BCUT2D eigenvalue weighted by atomic mass is 31.2. The van der Waals surface area contributed by atoms with E-state index in [0.29, 0.717) is 23.4 Å². The number of methoxy groups -OCH3 is 3. The molecule has 0 aliphatic carbocycles. The van der Waals surface area contributed by atoms with Crippen LogP contribution >= 0.6 is 7.14 Å². The Labute approximate surface area is 160 Å². The summed E-state index contributed by atoms with van der Waals surface area (Å²) in [5, 5.41) is 1.65. The van der Waals surface area contributed by atoms with Crippen LogP contribution in [0.3, 0.4) is 0 Å². The monoisotopic (exact) mass is 382 g/mol. The minimum atomic E-state index is -2.88. The van der Waals surface area contributed by atoms with Crippen LogP contribution < -0.4 is 24.8 Å². The summed E-state index contributed by atoms with van der Waals surface area (Å²) in [7, 11) is 1.84. The average Bonchev–Trinajstić information content (AvgIpc) is 2.74. The highest BCUT2D eigenvalue weighted by Gasteiger charge is 2.28. The molecule has 0 unspecified atom stereocenters. The lowest BCUT2D eigenvalue weighted by molar-refractivity contribution is 0.324. The van der Waals surface area contributed by atoms with Crippen LogP contribution in [0.15, 0.2) is 72.8 Å². The van der Waals surface area contributed by atoms with Gasteiger partial charge in [0, 0.05) is 16.8 Å². The van der Waals surface area contributed by atoms with E-state index in [9.17, 15) is 4.57 Å². The largest absolute Gasteiger partial charge is 0.493 e. The predicted octanol–water partition coefficient (Wildman–Crippen LogP) is 4.23. The van der Waals surface area contributed by atoms with Gasteiger partial charge in [-0.1, -0.05) is 60.7 Å². The quantitative estimate of drug-likeness (QED) is 0.574. The third kappa shape index (κ3) is 3.86. The molecule has 0 aliphatic rings. The van der Waals surface area contributed by atoms with Crippen LogP contribution in [0.2, 0.25) is 0 Å². The normalized spacial score (nSPS) is 11.1. The Morgan fingerprint density at radius 2 is 1.15 bits per heavy atom. The topological polar surface area (TPSA) is 44.8 Å². The molecule has 0 aliphatic heterocycles. The van der Waals surface area contributed by atoms with E-state index in [2.05, 4.69) is 0 Å². The predicted molar refractivity (Wildman–Crippen MR) is 110 cm³/mol. The van der Waals surface area contributed by atoms with Crippen molar-refractivity contribution in [3.63, 3.8) is 0 Å². The second kappa shape index (κ2) is 8.32. The van der Waals surface area contributed by atoms with Gasteiger partial charge in [-0.05, 0) is 17.7 Å². The minimum absolute atomic E-state index is 0.359. The zero-order valence-corrected chi connectivity index (χ0v) is 16.6. The Morgan fingerprint density at radius 3 is 1.52 bits per heavy atom. The van der Waals surface area contributed by atoms with Crippen molar-refractivity contribution in [2.24, 2.45) is 0 Å². The Hall–Kier alpha value is -2.71. The third-order valence-corrected chi connectivity index (χ3v) is 7.55. The molecule has 3 aromatic rings. The molecule has 3 rings (SSSR count). The van der Waals surface area contributed by atoms with Gasteiger partial charge in [-0.2, -0.15) is 0 Å². The summed E-state index contributed by atoms with van der Waals surface area (Å²) in [6, 6.07) is 22.9. The van der Waals surface area contributed by atoms with Crippen molar-refractivity contribution in [1.29, 1.82) is 0 Å². The zero-order chi connectivity index (χ0) is 19.3. The highest BCUT2D eigenvalue weighted by molar-refractivity contribution is 7.78. The van der Waals surface area contributed by atoms with Crippen LogP contribution in [0.5, 0.6) is 17.2 Å². The van der Waals surface area contributed by atoms with E-state index in [1.54, 1.807) is 21.3 Å². The summed E-state index contributed by atoms with van der Waals surface area (Å²) < 4.78 is 30.5. The van der Waals surface area contributed by atoms with E-state index in [1.165, 1.54) is 0 Å². The standard InChI is InChI=1S/C22H23O4P/c1-24-20-14-17(15-21(25-2)22(20)26-3)16-27(23,18-10-6-4-7-11-18)19-12-8-5-9-13-19/h4-15H,16H2,1-3H3. The maximum absolute atomic E-state index is 14.2. The van der Waals surface area contributed by atoms with E-state index in [1.807, 2.05) is 72.8 Å². The highest BCUT2D eigenvalue weighted by Crippen LogP contribution is 2.49. The number of hydrogen-bond acceptors (Lipinski definition) is 4. The van der Waals surface area contributed by atoms with Crippen molar-refractivity contribution in [2.75, 3.05) is 21.3 Å². The van der Waals surface area contributed by atoms with Crippen molar-refractivity contribution < 1.29 is 18.8 Å². The van der Waals surface area contributed by atoms with Gasteiger partial charge in [0.25, 0.3) is 0 Å². The van der Waals surface area contributed by atoms with Crippen LogP contribution in [0.1, 0.15) is 5.56 Å². The van der Waals surface area contributed by atoms with E-state index < -0.39 is 7.14 Å². The van der Waals surface area contributed by atoms with Crippen LogP contribution in [-0.4, -0.2) is 21.3 Å². The first-order valence-electron chi connectivity index (χ1n) is 8.61. The molecule has 0 radical (unpaired) electrons. The van der Waals surface area contributed by atoms with Gasteiger partial charge in [0.05, 0.1) is 21.3 Å². The lowest BCUT2D eigenvalue weighted by atomic mass is 10.2. The van der Waals surface area contributed by atoms with Crippen LogP contribution in [-0.2, 0) is 10.7 Å². The molecule has 0 amide bonds. The fraction of sp³-hybridized carbons (Fsp3) is 0.182. The molecular formula is C22H23O4P. The molecule has 0 spiro atoms. The van der Waals surface area contributed by atoms with E-state index >= 15 is 0 Å². The van der Waals surface area contributed by atoms with Crippen LogP contribution in [0.25, 0.3) is 0 Å². The molecule has 140 valence electrons. The second-order valence-corrected chi connectivity index (χ2v) is 8.93. The van der Waals surface area contributed by atoms with Crippen molar-refractivity contribution in [3.05, 3.63) is 78.4 Å². The lowest BCUT2D eigenvalue weighted by Crippen LogP contribution is -2.17. The summed E-state index contributed by atoms with van der Waals surface area (Å²) in [5.74, 6) is 1.64. The van der Waals surface area contributed by atoms with Crippen molar-refractivity contribution >= 4 is 17.8 Å². The van der Waals surface area contributed by atoms with E-state index in [-0.39, 0.29) is 0 Å². The average molecular weight is 382 g/mol. The molecule has 0 bridgehead atoms. The zero-order valence-electron chi connectivity index (χ0n) is 15.7. The van der Waals surface area contributed by atoms with Gasteiger partial charge < -0.3 is 18.8 Å². The molecule has 27 heavy (non-hydrogen) atoms. The smallest absolute Gasteiger partial charge is 0.203 e. The first kappa shape index (κ1) is 19.1. The van der Waals surface area contributed by atoms with Crippen LogP contribution in [0.4, 0.5) is 0 Å². The maximum Gasteiger partial charge on any atom is 0.203 e. The third-order valence-electron chi connectivity index (χ3n) is 4.48. The Bertz CT molecular complexity index is 871. The van der Waals surface area contributed by atoms with Crippen molar-refractivity contribution in [2.45, 2.75) is 6.16 Å². The van der Waals surface area contributed by atoms with Gasteiger partial charge in [0.1, 0.15) is 7.14 Å². The minimum Gasteiger partial charge on any atom is -0.493 e. The SMILES string of the molecule is COc1cc(CP(=O)(c2ccccc2)c2ccccc2)cc(OC)c1OC. The van der Waals surface area contributed by atoms with Gasteiger partial charge in [-0.3, -0.25) is 0 Å². The van der Waals surface area contributed by atoms with Gasteiger partial charge in [-0.25, -0.2) is 0 Å². The van der Waals surface area contributed by atoms with Gasteiger partial charge in [0.15, 0.2) is 11.5 Å². The first-order chi connectivity index (χ1) is 13.1. The summed E-state index contributed by atoms with van der Waals surface area (Å²) in [5.41, 5.74) is 0.862. The molecule has 3 aromatic carbocycles. The molecule has 4 nitrogen and oxygen atoms in total. The van der Waals surface area contributed by atoms with Crippen molar-refractivity contribution in [1.82, 2.24) is 0 Å². The van der Waals surface area contributed by atoms with Gasteiger partial charge in [-0.15, -0.1) is 0 Å². The van der Waals surface area contributed by atoms with E-state index in [0.717, 1.165) is 16.2 Å². The fourth-order valence-electron chi connectivity index (χ4n) is 3.15. The number of hydrogen-bond donors (Lipinski definition) is 0. The summed E-state index contributed by atoms with van der Waals surface area (Å²) in [6.07, 6.45) is 0.359. The van der Waals surface area contributed by atoms with Gasteiger partial charge in [0.2, 0.25) is 5.75 Å². The molecule has 0 aromatic heterocycles. The van der Waals surface area contributed by atoms with Crippen molar-refractivity contribution in [3.8, 4) is 17.2 Å². The molecule has 0 fully saturated rings. The molecule has 0 N–H and O–H groups in total. The fourth-order valence-corrected chi connectivity index (χ4v) is 5.82. The van der Waals surface area contributed by atoms with E-state index in [4.69, 9.17) is 14.2 Å². The Morgan fingerprint density at radius 1 is 0.704 bits per heavy atom. The Kier molecular flexibility index (Phi) is 5.88. The van der Waals surface area contributed by atoms with Gasteiger partial charge >= 0.3 is 0 Å². The first-order valence-corrected chi connectivity index (χ1v) is 10.5. The number of ether oxygens (including phenoxy) is 3. The summed E-state index contributed by atoms with van der Waals surface area (Å²) in [6.45, 7) is 0. The molecule has 0 atom stereocenters. The molecule has 5 heteroatoms. The molecular weight excluding hydrogens is 359 g/mol. The lowest BCUT2D eigenvalue weighted by Gasteiger charge is -2.21. The maximum atomic E-state index is 14.2. The molecule has 0 saturated carbocycles. The number of benzene rings is 3. The second-order valence-electron chi connectivity index (χ2n) is 6.10. The summed E-state index contributed by atoms with van der Waals surface area (Å²) in [4.78, 5) is 0. The van der Waals surface area contributed by atoms with Crippen LogP contribution in [0, 0.1) is 0 Å². The molecule has 0 heterocycles. The number of rotatable bonds is 7. The summed E-state index contributed by atoms with van der Waals surface area (Å²) >= 11 is 0. The Balaban J connectivity index is 2.13. The molecule has 0 saturated heterocycles.